The van der Waals surface area contributed by atoms with E-state index in [2.05, 4.69) is 10.6 Å². The van der Waals surface area contributed by atoms with Gasteiger partial charge < -0.3 is 10.1 Å². The minimum Gasteiger partial charge on any atom is -0.495 e. The molecular formula is C19H18ClN3O4. The first-order valence-corrected chi connectivity index (χ1v) is 8.93. The molecule has 140 valence electrons. The molecule has 0 aliphatic carbocycles. The van der Waals surface area contributed by atoms with Crippen molar-refractivity contribution in [2.75, 3.05) is 12.4 Å². The van der Waals surface area contributed by atoms with Crippen LogP contribution in [-0.4, -0.2) is 30.0 Å². The van der Waals surface area contributed by atoms with Gasteiger partial charge in [0.1, 0.15) is 5.75 Å². The Morgan fingerprint density at radius 2 is 2.00 bits per heavy atom. The second kappa shape index (κ2) is 6.21. The number of nitrogens with one attached hydrogen (secondary N) is 2. The Bertz CT molecular complexity index is 950. The molecule has 1 amide bonds. The summed E-state index contributed by atoms with van der Waals surface area (Å²) in [6.45, 7) is 1.85. The Morgan fingerprint density at radius 3 is 2.67 bits per heavy atom. The van der Waals surface area contributed by atoms with Gasteiger partial charge in [0.05, 0.1) is 18.1 Å². The van der Waals surface area contributed by atoms with Crippen LogP contribution in [-0.2, 0) is 10.3 Å². The number of fused-ring (bicyclic) bond motifs is 2. The SMILES string of the molecule is COc1ccc([C@@H]2[C@H](C)N[C@]3(C(=O)Nc4ccccc43)[C@H]2[N+](=O)[O-])cc1Cl. The van der Waals surface area contributed by atoms with Crippen LogP contribution in [0.2, 0.25) is 5.02 Å². The van der Waals surface area contributed by atoms with Crippen LogP contribution < -0.4 is 15.4 Å². The molecule has 0 unspecified atom stereocenters. The van der Waals surface area contributed by atoms with Gasteiger partial charge in [-0.1, -0.05) is 35.9 Å². The number of carbonyl (C=O) groups excluding carboxylic acids is 1. The minimum absolute atomic E-state index is 0.318. The predicted octanol–water partition coefficient (Wildman–Crippen LogP) is 2.92. The van der Waals surface area contributed by atoms with Gasteiger partial charge >= 0.3 is 0 Å². The number of nitrogens with zero attached hydrogens (tertiary/aromatic N) is 1. The van der Waals surface area contributed by atoms with Crippen LogP contribution in [0, 0.1) is 10.1 Å². The van der Waals surface area contributed by atoms with Crippen molar-refractivity contribution in [1.29, 1.82) is 0 Å². The van der Waals surface area contributed by atoms with Crippen molar-refractivity contribution >= 4 is 23.2 Å². The Kier molecular flexibility index (Phi) is 4.09. The fraction of sp³-hybridized carbons (Fsp3) is 0.316. The highest BCUT2D eigenvalue weighted by molar-refractivity contribution is 6.32. The first-order chi connectivity index (χ1) is 12.9. The summed E-state index contributed by atoms with van der Waals surface area (Å²) in [4.78, 5) is 24.8. The maximum Gasteiger partial charge on any atom is 0.256 e. The van der Waals surface area contributed by atoms with E-state index in [1.54, 1.807) is 42.5 Å². The quantitative estimate of drug-likeness (QED) is 0.624. The predicted molar refractivity (Wildman–Crippen MR) is 101 cm³/mol. The number of hydrogen-bond acceptors (Lipinski definition) is 5. The summed E-state index contributed by atoms with van der Waals surface area (Å²) in [6.07, 6.45) is 0. The van der Waals surface area contributed by atoms with E-state index in [4.69, 9.17) is 16.3 Å². The molecule has 2 aliphatic rings. The first-order valence-electron chi connectivity index (χ1n) is 8.55. The van der Waals surface area contributed by atoms with Crippen LogP contribution in [0.4, 0.5) is 5.69 Å². The molecule has 4 atom stereocenters. The maximum atomic E-state index is 12.9. The summed E-state index contributed by atoms with van der Waals surface area (Å²) in [7, 11) is 1.51. The number of halogens is 1. The van der Waals surface area contributed by atoms with E-state index < -0.39 is 23.4 Å². The molecule has 0 bridgehead atoms. The molecule has 27 heavy (non-hydrogen) atoms. The molecule has 1 spiro atoms. The number of amides is 1. The average molecular weight is 388 g/mol. The summed E-state index contributed by atoms with van der Waals surface area (Å²) in [5.74, 6) is -0.449. The third-order valence-electron chi connectivity index (χ3n) is 5.52. The van der Waals surface area contributed by atoms with E-state index in [0.717, 1.165) is 0 Å². The van der Waals surface area contributed by atoms with Gasteiger partial charge in [0, 0.05) is 22.2 Å². The average Bonchev–Trinajstić information content (AvgIpc) is 3.10. The van der Waals surface area contributed by atoms with E-state index >= 15 is 0 Å². The Balaban J connectivity index is 1.87. The Morgan fingerprint density at radius 1 is 1.26 bits per heavy atom. The van der Waals surface area contributed by atoms with Gasteiger partial charge in [-0.2, -0.15) is 0 Å². The summed E-state index contributed by atoms with van der Waals surface area (Å²) >= 11 is 6.25. The van der Waals surface area contributed by atoms with Crippen molar-refractivity contribution in [3.8, 4) is 5.75 Å². The Hall–Kier alpha value is -2.64. The highest BCUT2D eigenvalue weighted by Gasteiger charge is 2.67. The number of hydrogen-bond donors (Lipinski definition) is 2. The molecule has 2 N–H and O–H groups in total. The number of anilines is 1. The number of ether oxygens (including phenoxy) is 1. The molecule has 0 aromatic heterocycles. The number of benzene rings is 2. The fourth-order valence-electron chi connectivity index (χ4n) is 4.44. The molecule has 2 aromatic carbocycles. The molecule has 0 radical (unpaired) electrons. The van der Waals surface area contributed by atoms with E-state index in [0.29, 0.717) is 27.6 Å². The van der Waals surface area contributed by atoms with E-state index in [-0.39, 0.29) is 11.0 Å². The lowest BCUT2D eigenvalue weighted by atomic mass is 9.78. The highest BCUT2D eigenvalue weighted by atomic mass is 35.5. The van der Waals surface area contributed by atoms with Crippen molar-refractivity contribution in [3.63, 3.8) is 0 Å². The van der Waals surface area contributed by atoms with Gasteiger partial charge in [-0.05, 0) is 30.7 Å². The number of rotatable bonds is 3. The van der Waals surface area contributed by atoms with Gasteiger partial charge in [0.2, 0.25) is 0 Å². The molecule has 2 aromatic rings. The van der Waals surface area contributed by atoms with Crippen molar-refractivity contribution in [3.05, 3.63) is 68.7 Å². The van der Waals surface area contributed by atoms with E-state index in [9.17, 15) is 14.9 Å². The van der Waals surface area contributed by atoms with Crippen molar-refractivity contribution in [2.45, 2.75) is 30.5 Å². The van der Waals surface area contributed by atoms with E-state index in [1.165, 1.54) is 7.11 Å². The largest absolute Gasteiger partial charge is 0.495 e. The van der Waals surface area contributed by atoms with Crippen LogP contribution in [0.5, 0.6) is 5.75 Å². The van der Waals surface area contributed by atoms with Gasteiger partial charge in [-0.15, -0.1) is 0 Å². The number of methoxy groups -OCH3 is 1. The van der Waals surface area contributed by atoms with Gasteiger partial charge in [-0.3, -0.25) is 20.2 Å². The second-order valence-corrected chi connectivity index (χ2v) is 7.30. The van der Waals surface area contributed by atoms with Crippen LogP contribution in [0.1, 0.15) is 24.0 Å². The van der Waals surface area contributed by atoms with Crippen LogP contribution >= 0.6 is 11.6 Å². The molecule has 1 saturated heterocycles. The number of para-hydroxylation sites is 1. The maximum absolute atomic E-state index is 12.9. The molecule has 8 heteroatoms. The first kappa shape index (κ1) is 17.8. The minimum atomic E-state index is -1.42. The summed E-state index contributed by atoms with van der Waals surface area (Å²) in [5, 5.41) is 18.6. The smallest absolute Gasteiger partial charge is 0.256 e. The molecule has 1 fully saturated rings. The molecule has 7 nitrogen and oxygen atoms in total. The van der Waals surface area contributed by atoms with E-state index in [1.807, 2.05) is 6.92 Å². The van der Waals surface area contributed by atoms with Crippen molar-refractivity contribution < 1.29 is 14.5 Å². The summed E-state index contributed by atoms with van der Waals surface area (Å²) in [5.41, 5.74) is 0.473. The van der Waals surface area contributed by atoms with Crippen LogP contribution in [0.3, 0.4) is 0 Å². The second-order valence-electron chi connectivity index (χ2n) is 6.89. The van der Waals surface area contributed by atoms with Gasteiger partial charge in [0.15, 0.2) is 5.54 Å². The van der Waals surface area contributed by atoms with Crippen molar-refractivity contribution in [2.24, 2.45) is 0 Å². The fourth-order valence-corrected chi connectivity index (χ4v) is 4.71. The molecular weight excluding hydrogens is 370 g/mol. The molecule has 2 aliphatic heterocycles. The monoisotopic (exact) mass is 387 g/mol. The Labute approximate surface area is 160 Å². The lowest BCUT2D eigenvalue weighted by Gasteiger charge is -2.25. The van der Waals surface area contributed by atoms with Crippen LogP contribution in [0.25, 0.3) is 0 Å². The molecule has 4 rings (SSSR count). The topological polar surface area (TPSA) is 93.5 Å². The number of carbonyl (C=O) groups is 1. The normalized spacial score (nSPS) is 28.9. The van der Waals surface area contributed by atoms with Crippen molar-refractivity contribution in [1.82, 2.24) is 5.32 Å². The zero-order valence-electron chi connectivity index (χ0n) is 14.7. The summed E-state index contributed by atoms with van der Waals surface area (Å²) < 4.78 is 5.18. The third kappa shape index (κ3) is 2.42. The van der Waals surface area contributed by atoms with Crippen LogP contribution in [0.15, 0.2) is 42.5 Å². The molecule has 2 heterocycles. The third-order valence-corrected chi connectivity index (χ3v) is 5.82. The standard InChI is InChI=1S/C19H18ClN3O4/c1-10-16(11-7-8-15(27-2)13(20)9-11)17(23(25)26)19(22-10)12-5-3-4-6-14(12)21-18(19)24/h3-10,16-17,22H,1-2H3,(H,21,24)/t10-,16-,17-,19-/m0/s1. The zero-order chi connectivity index (χ0) is 19.3. The zero-order valence-corrected chi connectivity index (χ0v) is 15.5. The lowest BCUT2D eigenvalue weighted by Crippen LogP contribution is -2.54. The number of nitro groups is 1. The highest BCUT2D eigenvalue weighted by Crippen LogP contribution is 2.50. The van der Waals surface area contributed by atoms with Gasteiger partial charge in [0.25, 0.3) is 11.9 Å². The molecule has 0 saturated carbocycles. The van der Waals surface area contributed by atoms with Gasteiger partial charge in [-0.25, -0.2) is 0 Å². The summed E-state index contributed by atoms with van der Waals surface area (Å²) in [6, 6.07) is 10.7. The lowest BCUT2D eigenvalue weighted by molar-refractivity contribution is -0.532.